The number of hydrazone groups is 1. The first-order valence-electron chi connectivity index (χ1n) is 9.33. The first-order chi connectivity index (χ1) is 14.4. The molecule has 1 aromatic heterocycles. The van der Waals surface area contributed by atoms with Crippen molar-refractivity contribution in [1.29, 1.82) is 0 Å². The van der Waals surface area contributed by atoms with Crippen molar-refractivity contribution >= 4 is 57.1 Å². The molecule has 3 aromatic rings. The van der Waals surface area contributed by atoms with E-state index in [2.05, 4.69) is 15.4 Å². The van der Waals surface area contributed by atoms with Crippen LogP contribution < -0.4 is 5.32 Å². The first-order valence-corrected chi connectivity index (χ1v) is 10.6. The number of amides is 2. The van der Waals surface area contributed by atoms with Gasteiger partial charge in [-0.3, -0.25) is 5.21 Å². The fraction of sp³-hybridized carbons (Fsp3) is 0.190. The summed E-state index contributed by atoms with van der Waals surface area (Å²) >= 11 is 6.88. The third-order valence-electron chi connectivity index (χ3n) is 4.80. The predicted octanol–water partition coefficient (Wildman–Crippen LogP) is 4.86. The van der Waals surface area contributed by atoms with Crippen LogP contribution in [0.4, 0.5) is 10.5 Å². The molecule has 1 atom stereocenters. The molecule has 30 heavy (non-hydrogen) atoms. The van der Waals surface area contributed by atoms with Gasteiger partial charge in [-0.2, -0.15) is 10.2 Å². The van der Waals surface area contributed by atoms with Crippen LogP contribution in [0.1, 0.15) is 19.4 Å². The van der Waals surface area contributed by atoms with E-state index in [9.17, 15) is 10.0 Å². The number of thiocarbonyl (C=S) groups is 1. The highest BCUT2D eigenvalue weighted by Gasteiger charge is 2.50. The first kappa shape index (κ1) is 20.4. The van der Waals surface area contributed by atoms with Gasteiger partial charge < -0.3 is 10.3 Å². The van der Waals surface area contributed by atoms with Crippen LogP contribution in [0.15, 0.2) is 65.9 Å². The highest BCUT2D eigenvalue weighted by atomic mass is 32.2. The van der Waals surface area contributed by atoms with Crippen LogP contribution in [-0.2, 0) is 0 Å². The number of rotatable bonds is 4. The Labute approximate surface area is 183 Å². The van der Waals surface area contributed by atoms with Crippen molar-refractivity contribution in [2.24, 2.45) is 5.10 Å². The van der Waals surface area contributed by atoms with Gasteiger partial charge in [0.05, 0.1) is 11.0 Å². The number of urea groups is 1. The van der Waals surface area contributed by atoms with Crippen LogP contribution in [0.5, 0.6) is 0 Å². The average molecular weight is 440 g/mol. The summed E-state index contributed by atoms with van der Waals surface area (Å²) in [7, 11) is 0. The molecule has 1 unspecified atom stereocenters. The lowest BCUT2D eigenvalue weighted by atomic mass is 10.1. The summed E-state index contributed by atoms with van der Waals surface area (Å²) < 4.78 is -0.0927. The zero-order valence-electron chi connectivity index (χ0n) is 16.4. The second-order valence-corrected chi connectivity index (χ2v) is 9.65. The van der Waals surface area contributed by atoms with Crippen molar-refractivity contribution in [2.45, 2.75) is 24.8 Å². The molecule has 2 heterocycles. The van der Waals surface area contributed by atoms with Crippen molar-refractivity contribution < 1.29 is 10.0 Å². The van der Waals surface area contributed by atoms with E-state index in [4.69, 9.17) is 12.2 Å². The van der Waals surface area contributed by atoms with E-state index in [1.54, 1.807) is 30.5 Å². The third kappa shape index (κ3) is 3.91. The minimum absolute atomic E-state index is 0.479. The van der Waals surface area contributed by atoms with Gasteiger partial charge in [0.25, 0.3) is 0 Å². The smallest absolute Gasteiger partial charge is 0.347 e. The Balaban J connectivity index is 1.59. The normalized spacial score (nSPS) is 18.3. The van der Waals surface area contributed by atoms with Gasteiger partial charge in [-0.1, -0.05) is 60.4 Å². The number of benzene rings is 2. The van der Waals surface area contributed by atoms with E-state index in [1.807, 2.05) is 50.4 Å². The lowest BCUT2D eigenvalue weighted by Gasteiger charge is -2.34. The van der Waals surface area contributed by atoms with Gasteiger partial charge in [0.15, 0.2) is 10.5 Å². The molecule has 1 saturated heterocycles. The highest BCUT2D eigenvalue weighted by molar-refractivity contribution is 8.24. The average Bonchev–Trinajstić information content (AvgIpc) is 3.23. The van der Waals surface area contributed by atoms with Gasteiger partial charge in [-0.15, -0.1) is 0 Å². The van der Waals surface area contributed by atoms with Crippen LogP contribution in [0.25, 0.3) is 10.9 Å². The van der Waals surface area contributed by atoms with Gasteiger partial charge in [0, 0.05) is 28.4 Å². The number of nitrogens with one attached hydrogen (secondary N) is 2. The Morgan fingerprint density at radius 1 is 1.27 bits per heavy atom. The fourth-order valence-electron chi connectivity index (χ4n) is 3.37. The quantitative estimate of drug-likeness (QED) is 0.234. The summed E-state index contributed by atoms with van der Waals surface area (Å²) in [5, 5.41) is 21.2. The van der Waals surface area contributed by atoms with Crippen LogP contribution in [0.2, 0.25) is 0 Å². The number of hydroxylamine groups is 2. The van der Waals surface area contributed by atoms with E-state index in [0.29, 0.717) is 15.1 Å². The lowest BCUT2D eigenvalue weighted by molar-refractivity contribution is -0.114. The topological polar surface area (TPSA) is 84.0 Å². The summed E-state index contributed by atoms with van der Waals surface area (Å²) in [6.45, 7) is 3.82. The molecule has 0 spiro atoms. The molecule has 154 valence electrons. The molecule has 2 amide bonds. The molecule has 0 saturated carbocycles. The van der Waals surface area contributed by atoms with Crippen molar-refractivity contribution in [1.82, 2.24) is 15.1 Å². The molecule has 0 aliphatic carbocycles. The molecule has 9 heteroatoms. The molecule has 0 radical (unpaired) electrons. The van der Waals surface area contributed by atoms with Crippen molar-refractivity contribution in [3.05, 3.63) is 66.4 Å². The van der Waals surface area contributed by atoms with Crippen molar-refractivity contribution in [3.63, 3.8) is 0 Å². The zero-order chi connectivity index (χ0) is 21.3. The van der Waals surface area contributed by atoms with Crippen LogP contribution in [0, 0.1) is 0 Å². The van der Waals surface area contributed by atoms with E-state index in [0.717, 1.165) is 16.5 Å². The molecule has 2 aromatic carbocycles. The molecule has 4 rings (SSSR count). The predicted molar refractivity (Wildman–Crippen MR) is 125 cm³/mol. The van der Waals surface area contributed by atoms with E-state index in [-0.39, 0.29) is 0 Å². The lowest BCUT2D eigenvalue weighted by Crippen LogP contribution is -2.54. The maximum Gasteiger partial charge on any atom is 0.347 e. The third-order valence-corrected chi connectivity index (χ3v) is 6.33. The number of H-pyrrole nitrogens is 1. The Kier molecular flexibility index (Phi) is 5.50. The molecular weight excluding hydrogens is 418 g/mol. The minimum atomic E-state index is -0.778. The molecule has 0 bridgehead atoms. The number of nitrogens with zero attached hydrogens (tertiary/aromatic N) is 3. The number of aromatic amines is 1. The zero-order valence-corrected chi connectivity index (χ0v) is 18.1. The summed E-state index contributed by atoms with van der Waals surface area (Å²) in [5.74, 6) is 0. The Hall–Kier alpha value is -2.88. The number of thioether (sulfide) groups is 1. The Bertz CT molecular complexity index is 1110. The molecule has 3 N–H and O–H groups in total. The molecular formula is C21H21N5O2S2. The number of carbonyl (C=O) groups is 1. The number of hydrogen-bond acceptors (Lipinski definition) is 5. The minimum Gasteiger partial charge on any atom is -0.361 e. The monoisotopic (exact) mass is 439 g/mol. The number of aromatic nitrogens is 1. The summed E-state index contributed by atoms with van der Waals surface area (Å²) in [6.07, 6.45) is 2.77. The standard InChI is InChI=1S/C21H21N5O2S2/c1-21(2)18(26(28)19(27)24-15-8-4-3-5-9-15)25(20(29)30-21)23-13-14-12-22-17-11-7-6-10-16(14)17/h3-13,18,22,28H,1-2H3,(H,24,27). The van der Waals surface area contributed by atoms with Gasteiger partial charge in [-0.25, -0.2) is 9.80 Å². The summed E-state index contributed by atoms with van der Waals surface area (Å²) in [5.41, 5.74) is 2.47. The van der Waals surface area contributed by atoms with Gasteiger partial charge >= 0.3 is 6.03 Å². The van der Waals surface area contributed by atoms with E-state index in [1.165, 1.54) is 16.8 Å². The van der Waals surface area contributed by atoms with Crippen molar-refractivity contribution in [3.8, 4) is 0 Å². The van der Waals surface area contributed by atoms with Gasteiger partial charge in [0.2, 0.25) is 0 Å². The maximum absolute atomic E-state index is 12.7. The maximum atomic E-state index is 12.7. The summed E-state index contributed by atoms with van der Waals surface area (Å²) in [4.78, 5) is 15.9. The van der Waals surface area contributed by atoms with Crippen molar-refractivity contribution in [2.75, 3.05) is 5.32 Å². The number of para-hydroxylation sites is 2. The molecule has 1 aliphatic rings. The fourth-order valence-corrected chi connectivity index (χ4v) is 5.15. The van der Waals surface area contributed by atoms with Crippen LogP contribution in [-0.4, -0.2) is 47.7 Å². The Morgan fingerprint density at radius 3 is 2.73 bits per heavy atom. The molecule has 1 fully saturated rings. The summed E-state index contributed by atoms with van der Waals surface area (Å²) in [6, 6.07) is 16.2. The number of hydrogen-bond donors (Lipinski definition) is 3. The molecule has 1 aliphatic heterocycles. The number of anilines is 1. The number of carbonyl (C=O) groups excluding carboxylic acids is 1. The SMILES string of the molecule is CC1(C)SC(=S)N(N=Cc2c[nH]c3ccccc23)C1N(O)C(=O)Nc1ccccc1. The van der Waals surface area contributed by atoms with Crippen LogP contribution >= 0.6 is 24.0 Å². The van der Waals surface area contributed by atoms with Crippen LogP contribution in [0.3, 0.4) is 0 Å². The second kappa shape index (κ2) is 8.10. The molecule has 7 nitrogen and oxygen atoms in total. The van der Waals surface area contributed by atoms with Gasteiger partial charge in [0.1, 0.15) is 0 Å². The highest BCUT2D eigenvalue weighted by Crippen LogP contribution is 2.42. The van der Waals surface area contributed by atoms with Gasteiger partial charge in [-0.05, 0) is 32.0 Å². The number of fused-ring (bicyclic) bond motifs is 1. The van der Waals surface area contributed by atoms with E-state index >= 15 is 0 Å². The Morgan fingerprint density at radius 2 is 1.97 bits per heavy atom. The second-order valence-electron chi connectivity index (χ2n) is 7.36. The largest absolute Gasteiger partial charge is 0.361 e. The van der Waals surface area contributed by atoms with E-state index < -0.39 is 16.9 Å².